The fourth-order valence-corrected chi connectivity index (χ4v) is 4.09. The quantitative estimate of drug-likeness (QED) is 0.556. The van der Waals surface area contributed by atoms with Crippen molar-refractivity contribution >= 4 is 12.4 Å². The Hall–Kier alpha value is -2.87. The number of aromatic amines is 1. The second-order valence-electron chi connectivity index (χ2n) is 7.89. The van der Waals surface area contributed by atoms with Crippen molar-refractivity contribution in [3.8, 4) is 5.75 Å². The summed E-state index contributed by atoms with van der Waals surface area (Å²) in [4.78, 5) is 23.6. The third-order valence-electron chi connectivity index (χ3n) is 5.67. The fraction of sp³-hybridized carbons (Fsp3) is 0.522. The second kappa shape index (κ2) is 12.1. The van der Waals surface area contributed by atoms with E-state index in [0.29, 0.717) is 18.0 Å². The number of hydrogen-bond acceptors (Lipinski definition) is 5. The predicted molar refractivity (Wildman–Crippen MR) is 119 cm³/mol. The summed E-state index contributed by atoms with van der Waals surface area (Å²) in [5.74, 6) is 1.42. The molecule has 2 aromatic rings. The number of carbonyl (C=O) groups excluding carboxylic acids is 1. The van der Waals surface area contributed by atoms with E-state index in [2.05, 4.69) is 27.3 Å². The summed E-state index contributed by atoms with van der Waals surface area (Å²) in [6, 6.07) is 5.74. The van der Waals surface area contributed by atoms with Crippen LogP contribution in [0.5, 0.6) is 5.75 Å². The molecular formula is C23H34N4O4. The van der Waals surface area contributed by atoms with Crippen LogP contribution in [0.1, 0.15) is 52.6 Å². The van der Waals surface area contributed by atoms with Gasteiger partial charge in [-0.2, -0.15) is 5.10 Å². The summed E-state index contributed by atoms with van der Waals surface area (Å²) in [7, 11) is 1.70. The van der Waals surface area contributed by atoms with E-state index in [1.165, 1.54) is 25.9 Å². The standard InChI is InChI=1S/C22H32N4O2.CH2O2/c1-5-9-26-10-8-17(14-26)11-19-12-18(6-7-21(19)28-4)22(27)23-13-20-15(2)24-25-16(20)3;2-1-3/h6-7,12,17H,5,8-11,13-14H2,1-4H3,(H,23,27)(H,24,25);1H,(H,2,3). The molecule has 1 fully saturated rings. The molecule has 1 amide bonds. The molecule has 3 rings (SSSR count). The Labute approximate surface area is 184 Å². The van der Waals surface area contributed by atoms with Gasteiger partial charge in [-0.05, 0) is 75.9 Å². The van der Waals surface area contributed by atoms with E-state index >= 15 is 0 Å². The lowest BCUT2D eigenvalue weighted by molar-refractivity contribution is -0.122. The molecule has 1 aliphatic heterocycles. The van der Waals surface area contributed by atoms with E-state index in [1.807, 2.05) is 32.0 Å². The summed E-state index contributed by atoms with van der Waals surface area (Å²) in [5, 5.41) is 17.0. The highest BCUT2D eigenvalue weighted by Crippen LogP contribution is 2.27. The summed E-state index contributed by atoms with van der Waals surface area (Å²) >= 11 is 0. The number of H-pyrrole nitrogens is 1. The SMILES string of the molecule is CCCN1CCC(Cc2cc(C(=O)NCc3c(C)n[nH]c3C)ccc2OC)C1.O=CO. The Morgan fingerprint density at radius 2 is 2.16 bits per heavy atom. The van der Waals surface area contributed by atoms with Gasteiger partial charge in [-0.15, -0.1) is 0 Å². The molecule has 3 N–H and O–H groups in total. The molecule has 1 atom stereocenters. The van der Waals surface area contributed by atoms with E-state index in [1.54, 1.807) is 7.11 Å². The van der Waals surface area contributed by atoms with Gasteiger partial charge in [0.05, 0.1) is 12.8 Å². The van der Waals surface area contributed by atoms with Crippen molar-refractivity contribution < 1.29 is 19.4 Å². The van der Waals surface area contributed by atoms with Crippen LogP contribution in [0.2, 0.25) is 0 Å². The maximum Gasteiger partial charge on any atom is 0.290 e. The van der Waals surface area contributed by atoms with Crippen LogP contribution in [-0.2, 0) is 17.8 Å². The molecule has 8 nitrogen and oxygen atoms in total. The zero-order valence-electron chi connectivity index (χ0n) is 18.9. The minimum atomic E-state index is -0.250. The number of aryl methyl sites for hydroxylation is 2. The van der Waals surface area contributed by atoms with Crippen molar-refractivity contribution in [1.82, 2.24) is 20.4 Å². The normalized spacial score (nSPS) is 15.8. The van der Waals surface area contributed by atoms with E-state index in [9.17, 15) is 4.79 Å². The number of nitrogens with one attached hydrogen (secondary N) is 2. The van der Waals surface area contributed by atoms with Gasteiger partial charge >= 0.3 is 0 Å². The third-order valence-corrected chi connectivity index (χ3v) is 5.67. The van der Waals surface area contributed by atoms with Crippen molar-refractivity contribution in [3.63, 3.8) is 0 Å². The van der Waals surface area contributed by atoms with Gasteiger partial charge in [0.1, 0.15) is 5.75 Å². The molecule has 1 aromatic heterocycles. The molecule has 0 saturated carbocycles. The van der Waals surface area contributed by atoms with Gasteiger partial charge in [0.25, 0.3) is 12.4 Å². The highest BCUT2D eigenvalue weighted by molar-refractivity contribution is 5.94. The lowest BCUT2D eigenvalue weighted by Gasteiger charge is -2.16. The number of ether oxygens (including phenoxy) is 1. The molecule has 1 aliphatic rings. The second-order valence-corrected chi connectivity index (χ2v) is 7.89. The maximum absolute atomic E-state index is 12.7. The van der Waals surface area contributed by atoms with E-state index in [0.717, 1.165) is 41.2 Å². The molecule has 0 bridgehead atoms. The van der Waals surface area contributed by atoms with Crippen LogP contribution in [0.3, 0.4) is 0 Å². The number of nitrogens with zero attached hydrogens (tertiary/aromatic N) is 2. The van der Waals surface area contributed by atoms with Crippen LogP contribution in [-0.4, -0.2) is 59.3 Å². The Bertz CT molecular complexity index is 846. The van der Waals surface area contributed by atoms with Crippen LogP contribution in [0, 0.1) is 19.8 Å². The van der Waals surface area contributed by atoms with Crippen molar-refractivity contribution in [2.45, 2.75) is 46.6 Å². The minimum Gasteiger partial charge on any atom is -0.496 e. The highest BCUT2D eigenvalue weighted by atomic mass is 16.5. The Balaban J connectivity index is 0.00000107. The number of carboxylic acid groups (broad SMARTS) is 1. The maximum atomic E-state index is 12.7. The molecule has 0 spiro atoms. The van der Waals surface area contributed by atoms with Crippen LogP contribution >= 0.6 is 0 Å². The van der Waals surface area contributed by atoms with E-state index in [-0.39, 0.29) is 12.4 Å². The van der Waals surface area contributed by atoms with Crippen LogP contribution in [0.4, 0.5) is 0 Å². The first kappa shape index (κ1) is 24.4. The molecule has 0 radical (unpaired) electrons. The van der Waals surface area contributed by atoms with Crippen molar-refractivity contribution in [3.05, 3.63) is 46.3 Å². The number of rotatable bonds is 8. The number of carbonyl (C=O) groups is 2. The molecule has 31 heavy (non-hydrogen) atoms. The first-order chi connectivity index (χ1) is 14.9. The first-order valence-corrected chi connectivity index (χ1v) is 10.7. The van der Waals surface area contributed by atoms with E-state index in [4.69, 9.17) is 14.6 Å². The topological polar surface area (TPSA) is 108 Å². The Kier molecular flexibility index (Phi) is 9.52. The third kappa shape index (κ3) is 6.82. The summed E-state index contributed by atoms with van der Waals surface area (Å²) in [5.41, 5.74) is 4.76. The highest BCUT2D eigenvalue weighted by Gasteiger charge is 2.23. The predicted octanol–water partition coefficient (Wildman–Crippen LogP) is 2.94. The minimum absolute atomic E-state index is 0.0667. The summed E-state index contributed by atoms with van der Waals surface area (Å²) in [6.07, 6.45) is 3.35. The van der Waals surface area contributed by atoms with Crippen LogP contribution < -0.4 is 10.1 Å². The Morgan fingerprint density at radius 1 is 1.42 bits per heavy atom. The number of amides is 1. The molecule has 1 aromatic carbocycles. The monoisotopic (exact) mass is 430 g/mol. The zero-order chi connectivity index (χ0) is 22.8. The zero-order valence-corrected chi connectivity index (χ0v) is 18.9. The first-order valence-electron chi connectivity index (χ1n) is 10.7. The molecule has 170 valence electrons. The molecule has 8 heteroatoms. The lowest BCUT2D eigenvalue weighted by Crippen LogP contribution is -2.24. The van der Waals surface area contributed by atoms with Crippen molar-refractivity contribution in [1.29, 1.82) is 0 Å². The fourth-order valence-electron chi connectivity index (χ4n) is 4.09. The van der Waals surface area contributed by atoms with Gasteiger partial charge in [-0.3, -0.25) is 14.7 Å². The average Bonchev–Trinajstić information content (AvgIpc) is 3.33. The van der Waals surface area contributed by atoms with E-state index < -0.39 is 0 Å². The van der Waals surface area contributed by atoms with Gasteiger partial charge in [-0.1, -0.05) is 6.92 Å². The average molecular weight is 431 g/mol. The largest absolute Gasteiger partial charge is 0.496 e. The van der Waals surface area contributed by atoms with Gasteiger partial charge < -0.3 is 20.1 Å². The Morgan fingerprint density at radius 3 is 2.77 bits per heavy atom. The number of hydrogen-bond donors (Lipinski definition) is 3. The van der Waals surface area contributed by atoms with Gasteiger partial charge in [0.15, 0.2) is 0 Å². The smallest absolute Gasteiger partial charge is 0.290 e. The van der Waals surface area contributed by atoms with Crippen LogP contribution in [0.25, 0.3) is 0 Å². The summed E-state index contributed by atoms with van der Waals surface area (Å²) in [6.45, 7) is 9.84. The number of likely N-dealkylation sites (tertiary alicyclic amines) is 1. The number of methoxy groups -OCH3 is 1. The molecule has 1 unspecified atom stereocenters. The molecule has 0 aliphatic carbocycles. The van der Waals surface area contributed by atoms with Gasteiger partial charge in [-0.25, -0.2) is 0 Å². The van der Waals surface area contributed by atoms with Crippen molar-refractivity contribution in [2.75, 3.05) is 26.7 Å². The van der Waals surface area contributed by atoms with Gasteiger partial charge in [0, 0.05) is 29.9 Å². The lowest BCUT2D eigenvalue weighted by atomic mass is 9.96. The summed E-state index contributed by atoms with van der Waals surface area (Å²) < 4.78 is 5.56. The molecule has 1 saturated heterocycles. The molecule has 2 heterocycles. The number of benzene rings is 1. The van der Waals surface area contributed by atoms with Crippen molar-refractivity contribution in [2.24, 2.45) is 5.92 Å². The number of aromatic nitrogens is 2. The molecular weight excluding hydrogens is 396 g/mol. The van der Waals surface area contributed by atoms with Crippen LogP contribution in [0.15, 0.2) is 18.2 Å². The van der Waals surface area contributed by atoms with Gasteiger partial charge in [0.2, 0.25) is 0 Å².